The van der Waals surface area contributed by atoms with Gasteiger partial charge in [-0.05, 0) is 47.3 Å². The fourth-order valence-electron chi connectivity index (χ4n) is 1.83. The Morgan fingerprint density at radius 1 is 1.62 bits per heavy atom. The van der Waals surface area contributed by atoms with E-state index in [1.54, 1.807) is 12.4 Å². The zero-order valence-electron chi connectivity index (χ0n) is 7.50. The smallest absolute Gasteiger partial charge is 0.0609 e. The lowest BCUT2D eigenvalue weighted by molar-refractivity contribution is 0.150. The zero-order chi connectivity index (χ0) is 9.47. The molecule has 0 aliphatic heterocycles. The minimum atomic E-state index is -0.272. The van der Waals surface area contributed by atoms with Crippen LogP contribution in [-0.4, -0.2) is 16.2 Å². The first kappa shape index (κ1) is 9.16. The molecule has 2 nitrogen and oxygen atoms in total. The Morgan fingerprint density at radius 2 is 2.31 bits per heavy atom. The number of aliphatic hydroxyl groups excluding tert-OH is 1. The average molecular weight is 242 g/mol. The molecule has 0 radical (unpaired) electrons. The highest BCUT2D eigenvalue weighted by molar-refractivity contribution is 9.10. The van der Waals surface area contributed by atoms with Crippen LogP contribution >= 0.6 is 15.9 Å². The van der Waals surface area contributed by atoms with Gasteiger partial charge in [-0.15, -0.1) is 0 Å². The van der Waals surface area contributed by atoms with Crippen molar-refractivity contribution in [2.45, 2.75) is 31.3 Å². The fraction of sp³-hybridized carbons (Fsp3) is 0.500. The van der Waals surface area contributed by atoms with E-state index in [-0.39, 0.29) is 11.5 Å². The van der Waals surface area contributed by atoms with Gasteiger partial charge in [-0.1, -0.05) is 0 Å². The zero-order valence-corrected chi connectivity index (χ0v) is 9.08. The SMILES string of the molecule is CC(O)C1(c2ccncc2Br)CC1. The standard InChI is InChI=1S/C10H12BrNO/c1-7(13)10(3-4-10)8-2-5-12-6-9(8)11/h2,5-7,13H,3-4H2,1H3. The Balaban J connectivity index is 2.41. The minimum absolute atomic E-state index is 0.00176. The van der Waals surface area contributed by atoms with Crippen molar-refractivity contribution >= 4 is 15.9 Å². The van der Waals surface area contributed by atoms with Gasteiger partial charge in [-0.3, -0.25) is 4.98 Å². The third-order valence-corrected chi connectivity index (χ3v) is 3.53. The Bertz CT molecular complexity index is 320. The highest BCUT2D eigenvalue weighted by Crippen LogP contribution is 2.52. The first-order valence-corrected chi connectivity index (χ1v) is 5.24. The number of hydrogen-bond donors (Lipinski definition) is 1. The van der Waals surface area contributed by atoms with Gasteiger partial charge >= 0.3 is 0 Å². The molecule has 1 N–H and O–H groups in total. The normalized spacial score (nSPS) is 21.2. The predicted molar refractivity (Wildman–Crippen MR) is 54.5 cm³/mol. The number of pyridine rings is 1. The van der Waals surface area contributed by atoms with E-state index in [0.717, 1.165) is 17.3 Å². The lowest BCUT2D eigenvalue weighted by atomic mass is 9.92. The summed E-state index contributed by atoms with van der Waals surface area (Å²) in [6.45, 7) is 1.86. The van der Waals surface area contributed by atoms with E-state index < -0.39 is 0 Å². The summed E-state index contributed by atoms with van der Waals surface area (Å²) in [5, 5.41) is 9.68. The molecule has 1 aliphatic rings. The van der Waals surface area contributed by atoms with Gasteiger partial charge in [0, 0.05) is 22.3 Å². The molecule has 1 atom stereocenters. The Hall–Kier alpha value is -0.410. The second-order valence-electron chi connectivity index (χ2n) is 3.69. The topological polar surface area (TPSA) is 33.1 Å². The van der Waals surface area contributed by atoms with Crippen LogP contribution in [0, 0.1) is 0 Å². The van der Waals surface area contributed by atoms with Gasteiger partial charge in [0.2, 0.25) is 0 Å². The summed E-state index contributed by atoms with van der Waals surface area (Å²) in [4.78, 5) is 4.02. The van der Waals surface area contributed by atoms with Crippen molar-refractivity contribution < 1.29 is 5.11 Å². The van der Waals surface area contributed by atoms with Crippen molar-refractivity contribution in [2.75, 3.05) is 0 Å². The van der Waals surface area contributed by atoms with E-state index in [4.69, 9.17) is 0 Å². The molecule has 13 heavy (non-hydrogen) atoms. The molecule has 70 valence electrons. The van der Waals surface area contributed by atoms with Gasteiger partial charge in [0.15, 0.2) is 0 Å². The Labute approximate surface area is 86.1 Å². The molecule has 1 aromatic heterocycles. The first-order chi connectivity index (χ1) is 6.17. The number of hydrogen-bond acceptors (Lipinski definition) is 2. The first-order valence-electron chi connectivity index (χ1n) is 4.45. The average Bonchev–Trinajstić information content (AvgIpc) is 2.85. The van der Waals surface area contributed by atoms with Gasteiger partial charge in [0.1, 0.15) is 0 Å². The van der Waals surface area contributed by atoms with Crippen molar-refractivity contribution in [3.05, 3.63) is 28.5 Å². The largest absolute Gasteiger partial charge is 0.392 e. The summed E-state index contributed by atoms with van der Waals surface area (Å²) >= 11 is 3.47. The minimum Gasteiger partial charge on any atom is -0.392 e. The van der Waals surface area contributed by atoms with Crippen LogP contribution in [0.2, 0.25) is 0 Å². The number of rotatable bonds is 2. The van der Waals surface area contributed by atoms with Crippen LogP contribution in [0.4, 0.5) is 0 Å². The van der Waals surface area contributed by atoms with Crippen LogP contribution in [0.1, 0.15) is 25.3 Å². The Kier molecular flexibility index (Phi) is 2.16. The van der Waals surface area contributed by atoms with E-state index in [1.807, 2.05) is 13.0 Å². The van der Waals surface area contributed by atoms with Crippen molar-refractivity contribution in [1.29, 1.82) is 0 Å². The van der Waals surface area contributed by atoms with E-state index in [2.05, 4.69) is 20.9 Å². The van der Waals surface area contributed by atoms with E-state index in [9.17, 15) is 5.11 Å². The van der Waals surface area contributed by atoms with Gasteiger partial charge in [-0.2, -0.15) is 0 Å². The molecule has 1 heterocycles. The van der Waals surface area contributed by atoms with E-state index >= 15 is 0 Å². The van der Waals surface area contributed by atoms with Crippen LogP contribution in [0.25, 0.3) is 0 Å². The Morgan fingerprint density at radius 3 is 2.77 bits per heavy atom. The molecule has 2 rings (SSSR count). The van der Waals surface area contributed by atoms with E-state index in [0.29, 0.717) is 0 Å². The lowest BCUT2D eigenvalue weighted by Gasteiger charge is -2.19. The summed E-state index contributed by atoms with van der Waals surface area (Å²) < 4.78 is 1.01. The van der Waals surface area contributed by atoms with Crippen LogP contribution in [0.15, 0.2) is 22.9 Å². The van der Waals surface area contributed by atoms with Crippen molar-refractivity contribution in [2.24, 2.45) is 0 Å². The maximum Gasteiger partial charge on any atom is 0.0609 e. The van der Waals surface area contributed by atoms with Gasteiger partial charge < -0.3 is 5.11 Å². The van der Waals surface area contributed by atoms with Gasteiger partial charge in [-0.25, -0.2) is 0 Å². The quantitative estimate of drug-likeness (QED) is 0.862. The maximum atomic E-state index is 9.68. The molecular formula is C10H12BrNO. The number of aromatic nitrogens is 1. The molecule has 1 aromatic rings. The number of halogens is 1. The third-order valence-electron chi connectivity index (χ3n) is 2.90. The summed E-state index contributed by atoms with van der Waals surface area (Å²) in [6, 6.07) is 1.99. The third kappa shape index (κ3) is 1.40. The molecule has 1 aliphatic carbocycles. The molecule has 1 unspecified atom stereocenters. The number of nitrogens with zero attached hydrogens (tertiary/aromatic N) is 1. The second kappa shape index (κ2) is 3.07. The fourth-order valence-corrected chi connectivity index (χ4v) is 2.47. The van der Waals surface area contributed by atoms with Crippen molar-refractivity contribution in [1.82, 2.24) is 4.98 Å². The monoisotopic (exact) mass is 241 g/mol. The van der Waals surface area contributed by atoms with Crippen LogP contribution < -0.4 is 0 Å². The van der Waals surface area contributed by atoms with Crippen LogP contribution in [0.3, 0.4) is 0 Å². The van der Waals surface area contributed by atoms with Crippen LogP contribution in [0.5, 0.6) is 0 Å². The molecule has 0 amide bonds. The number of aliphatic hydroxyl groups is 1. The summed E-state index contributed by atoms with van der Waals surface area (Å²) in [7, 11) is 0. The van der Waals surface area contributed by atoms with Gasteiger partial charge in [0.25, 0.3) is 0 Å². The predicted octanol–water partition coefficient (Wildman–Crippen LogP) is 2.26. The maximum absolute atomic E-state index is 9.68. The lowest BCUT2D eigenvalue weighted by Crippen LogP contribution is -2.22. The highest BCUT2D eigenvalue weighted by atomic mass is 79.9. The molecule has 1 saturated carbocycles. The van der Waals surface area contributed by atoms with Crippen LogP contribution in [-0.2, 0) is 5.41 Å². The van der Waals surface area contributed by atoms with E-state index in [1.165, 1.54) is 5.56 Å². The molecule has 1 fully saturated rings. The van der Waals surface area contributed by atoms with Crippen molar-refractivity contribution in [3.63, 3.8) is 0 Å². The van der Waals surface area contributed by atoms with Gasteiger partial charge in [0.05, 0.1) is 6.10 Å². The molecular weight excluding hydrogens is 230 g/mol. The summed E-state index contributed by atoms with van der Waals surface area (Å²) in [5.74, 6) is 0. The highest BCUT2D eigenvalue weighted by Gasteiger charge is 2.49. The molecule has 0 bridgehead atoms. The summed E-state index contributed by atoms with van der Waals surface area (Å²) in [5.41, 5.74) is 1.19. The summed E-state index contributed by atoms with van der Waals surface area (Å²) in [6.07, 6.45) is 5.45. The molecule has 0 saturated heterocycles. The van der Waals surface area contributed by atoms with Crippen molar-refractivity contribution in [3.8, 4) is 0 Å². The molecule has 3 heteroatoms. The molecule has 0 aromatic carbocycles. The second-order valence-corrected chi connectivity index (χ2v) is 4.54. The molecule has 0 spiro atoms.